The summed E-state index contributed by atoms with van der Waals surface area (Å²) in [5, 5.41) is 4.90. The van der Waals surface area contributed by atoms with E-state index in [1.807, 2.05) is 19.1 Å². The predicted octanol–water partition coefficient (Wildman–Crippen LogP) is 4.51. The molecule has 0 aromatic heterocycles. The number of halogens is 4. The first-order valence-corrected chi connectivity index (χ1v) is 8.38. The molecule has 0 spiro atoms. The summed E-state index contributed by atoms with van der Waals surface area (Å²) in [5.74, 6) is -1.90. The van der Waals surface area contributed by atoms with E-state index in [1.54, 1.807) is 12.1 Å². The summed E-state index contributed by atoms with van der Waals surface area (Å²) in [7, 11) is 1.31. The van der Waals surface area contributed by atoms with E-state index in [2.05, 4.69) is 10.6 Å². The molecule has 0 radical (unpaired) electrons. The first-order valence-electron chi connectivity index (χ1n) is 8.38. The van der Waals surface area contributed by atoms with Gasteiger partial charge in [-0.15, -0.1) is 0 Å². The van der Waals surface area contributed by atoms with Crippen LogP contribution in [-0.4, -0.2) is 30.4 Å². The van der Waals surface area contributed by atoms with Crippen LogP contribution >= 0.6 is 0 Å². The Bertz CT molecular complexity index is 868. The summed E-state index contributed by atoms with van der Waals surface area (Å²) in [6.45, 7) is 1.61. The quantitative estimate of drug-likeness (QED) is 0.730. The van der Waals surface area contributed by atoms with Crippen LogP contribution < -0.4 is 10.6 Å². The Kier molecular flexibility index (Phi) is 6.61. The number of aryl methyl sites for hydroxylation is 1. The molecular formula is C19H19F4N3O2. The number of likely N-dealkylation sites (N-methyl/N-ethyl adjacent to an activating group) is 1. The molecule has 0 atom stereocenters. The van der Waals surface area contributed by atoms with Gasteiger partial charge in [0.2, 0.25) is 5.91 Å². The summed E-state index contributed by atoms with van der Waals surface area (Å²) >= 11 is 0. The lowest BCUT2D eigenvalue weighted by molar-refractivity contribution is -0.139. The number of anilines is 2. The minimum Gasteiger partial charge on any atom is -0.324 e. The van der Waals surface area contributed by atoms with Gasteiger partial charge in [-0.1, -0.05) is 25.1 Å². The Morgan fingerprint density at radius 3 is 2.39 bits per heavy atom. The van der Waals surface area contributed by atoms with Gasteiger partial charge in [0.05, 0.1) is 5.56 Å². The van der Waals surface area contributed by atoms with E-state index in [0.717, 1.165) is 16.5 Å². The summed E-state index contributed by atoms with van der Waals surface area (Å²) in [6, 6.07) is 8.51. The van der Waals surface area contributed by atoms with Crippen molar-refractivity contribution < 1.29 is 27.2 Å². The number of hydrogen-bond donors (Lipinski definition) is 2. The van der Waals surface area contributed by atoms with Gasteiger partial charge in [0, 0.05) is 18.4 Å². The van der Waals surface area contributed by atoms with Crippen molar-refractivity contribution >= 4 is 23.3 Å². The van der Waals surface area contributed by atoms with E-state index < -0.39 is 29.5 Å². The minimum atomic E-state index is -4.89. The molecule has 5 nitrogen and oxygen atoms in total. The molecule has 0 unspecified atom stereocenters. The number of nitrogens with zero attached hydrogens (tertiary/aromatic N) is 1. The van der Waals surface area contributed by atoms with Gasteiger partial charge in [-0.25, -0.2) is 9.18 Å². The molecule has 0 saturated carbocycles. The fourth-order valence-electron chi connectivity index (χ4n) is 2.47. The molecule has 28 heavy (non-hydrogen) atoms. The van der Waals surface area contributed by atoms with Crippen molar-refractivity contribution in [3.05, 3.63) is 59.4 Å². The highest BCUT2D eigenvalue weighted by Crippen LogP contribution is 2.33. The molecule has 2 rings (SSSR count). The molecule has 0 saturated heterocycles. The number of benzene rings is 2. The molecule has 0 fully saturated rings. The maximum absolute atomic E-state index is 13.3. The molecule has 0 aliphatic carbocycles. The molecule has 0 heterocycles. The van der Waals surface area contributed by atoms with Crippen molar-refractivity contribution in [1.29, 1.82) is 0 Å². The van der Waals surface area contributed by atoms with Crippen molar-refractivity contribution in [1.82, 2.24) is 4.90 Å². The Morgan fingerprint density at radius 2 is 1.75 bits per heavy atom. The van der Waals surface area contributed by atoms with Crippen molar-refractivity contribution in [3.63, 3.8) is 0 Å². The van der Waals surface area contributed by atoms with E-state index in [0.29, 0.717) is 24.2 Å². The monoisotopic (exact) mass is 397 g/mol. The Balaban J connectivity index is 2.00. The highest BCUT2D eigenvalue weighted by atomic mass is 19.4. The molecule has 0 bridgehead atoms. The van der Waals surface area contributed by atoms with Crippen molar-refractivity contribution in [3.8, 4) is 0 Å². The fraction of sp³-hybridized carbons (Fsp3) is 0.263. The zero-order chi connectivity index (χ0) is 20.9. The Hall–Kier alpha value is -3.10. The number of para-hydroxylation sites is 1. The second-order valence-corrected chi connectivity index (χ2v) is 6.04. The van der Waals surface area contributed by atoms with Gasteiger partial charge in [-0.3, -0.25) is 4.79 Å². The number of nitrogens with one attached hydrogen (secondary N) is 2. The molecule has 0 aliphatic heterocycles. The standard InChI is InChI=1S/C19H19F4N3O2/c1-3-12-6-4-5-7-16(12)25-17(27)11-26(2)18(28)24-13-8-9-15(20)14(10-13)19(21,22)23/h4-10H,3,11H2,1-2H3,(H,24,28)(H,25,27). The van der Waals surface area contributed by atoms with E-state index in [9.17, 15) is 27.2 Å². The molecule has 9 heteroatoms. The maximum atomic E-state index is 13.3. The van der Waals surface area contributed by atoms with Crippen LogP contribution in [0.3, 0.4) is 0 Å². The van der Waals surface area contributed by atoms with Gasteiger partial charge < -0.3 is 15.5 Å². The summed E-state index contributed by atoms with van der Waals surface area (Å²) in [5.41, 5.74) is -0.171. The first kappa shape index (κ1) is 21.2. The zero-order valence-electron chi connectivity index (χ0n) is 15.2. The fourth-order valence-corrected chi connectivity index (χ4v) is 2.47. The van der Waals surface area contributed by atoms with Crippen LogP contribution in [0.1, 0.15) is 18.1 Å². The second-order valence-electron chi connectivity index (χ2n) is 6.04. The van der Waals surface area contributed by atoms with Crippen molar-refractivity contribution in [2.24, 2.45) is 0 Å². The number of amides is 3. The highest BCUT2D eigenvalue weighted by Gasteiger charge is 2.34. The lowest BCUT2D eigenvalue weighted by Gasteiger charge is -2.19. The van der Waals surface area contributed by atoms with Crippen LogP contribution in [0.25, 0.3) is 0 Å². The molecule has 2 aromatic rings. The summed E-state index contributed by atoms with van der Waals surface area (Å²) < 4.78 is 51.6. The molecule has 150 valence electrons. The van der Waals surface area contributed by atoms with E-state index in [4.69, 9.17) is 0 Å². The number of urea groups is 1. The van der Waals surface area contributed by atoms with E-state index in [-0.39, 0.29) is 12.2 Å². The molecule has 2 N–H and O–H groups in total. The van der Waals surface area contributed by atoms with Crippen LogP contribution in [0.2, 0.25) is 0 Å². The van der Waals surface area contributed by atoms with Crippen molar-refractivity contribution in [2.75, 3.05) is 24.2 Å². The SMILES string of the molecule is CCc1ccccc1NC(=O)CN(C)C(=O)Nc1ccc(F)c(C(F)(F)F)c1. The third kappa shape index (κ3) is 5.45. The second kappa shape index (κ2) is 8.73. The van der Waals surface area contributed by atoms with Crippen LogP contribution in [0, 0.1) is 5.82 Å². The largest absolute Gasteiger partial charge is 0.419 e. The Labute approximate surface area is 159 Å². The maximum Gasteiger partial charge on any atom is 0.419 e. The Morgan fingerprint density at radius 1 is 1.07 bits per heavy atom. The number of carbonyl (C=O) groups is 2. The average molecular weight is 397 g/mol. The van der Waals surface area contributed by atoms with Gasteiger partial charge in [-0.2, -0.15) is 13.2 Å². The molecule has 3 amide bonds. The highest BCUT2D eigenvalue weighted by molar-refractivity contribution is 5.97. The van der Waals surface area contributed by atoms with Crippen LogP contribution in [0.15, 0.2) is 42.5 Å². The van der Waals surface area contributed by atoms with Crippen molar-refractivity contribution in [2.45, 2.75) is 19.5 Å². The van der Waals surface area contributed by atoms with Gasteiger partial charge in [0.15, 0.2) is 0 Å². The van der Waals surface area contributed by atoms with E-state index in [1.165, 1.54) is 7.05 Å². The smallest absolute Gasteiger partial charge is 0.324 e. The average Bonchev–Trinajstić information content (AvgIpc) is 2.62. The summed E-state index contributed by atoms with van der Waals surface area (Å²) in [4.78, 5) is 25.3. The third-order valence-electron chi connectivity index (χ3n) is 3.92. The topological polar surface area (TPSA) is 61.4 Å². The molecule has 2 aromatic carbocycles. The van der Waals surface area contributed by atoms with Crippen LogP contribution in [0.5, 0.6) is 0 Å². The molecule has 0 aliphatic rings. The van der Waals surface area contributed by atoms with Crippen LogP contribution in [-0.2, 0) is 17.4 Å². The molecular weight excluding hydrogens is 378 g/mol. The number of rotatable bonds is 5. The lowest BCUT2D eigenvalue weighted by atomic mass is 10.1. The van der Waals surface area contributed by atoms with E-state index >= 15 is 0 Å². The summed E-state index contributed by atoms with van der Waals surface area (Å²) in [6.07, 6.45) is -4.18. The van der Waals surface area contributed by atoms with Gasteiger partial charge >= 0.3 is 12.2 Å². The normalized spacial score (nSPS) is 11.1. The predicted molar refractivity (Wildman–Crippen MR) is 97.5 cm³/mol. The van der Waals surface area contributed by atoms with Gasteiger partial charge in [0.25, 0.3) is 0 Å². The number of alkyl halides is 3. The number of hydrogen-bond acceptors (Lipinski definition) is 2. The van der Waals surface area contributed by atoms with Gasteiger partial charge in [-0.05, 0) is 36.2 Å². The third-order valence-corrected chi connectivity index (χ3v) is 3.92. The zero-order valence-corrected chi connectivity index (χ0v) is 15.2. The minimum absolute atomic E-state index is 0.234. The lowest BCUT2D eigenvalue weighted by Crippen LogP contribution is -2.37. The van der Waals surface area contributed by atoms with Crippen LogP contribution in [0.4, 0.5) is 33.7 Å². The first-order chi connectivity index (χ1) is 13.1. The number of carbonyl (C=O) groups excluding carboxylic acids is 2. The van der Waals surface area contributed by atoms with Gasteiger partial charge in [0.1, 0.15) is 12.4 Å².